The summed E-state index contributed by atoms with van der Waals surface area (Å²) in [7, 11) is 4.34. The number of hydrogen-bond donors (Lipinski definition) is 1. The molecule has 108 valence electrons. The van der Waals surface area contributed by atoms with E-state index in [1.54, 1.807) is 0 Å². The molecule has 1 saturated heterocycles. The van der Waals surface area contributed by atoms with E-state index in [1.165, 1.54) is 10.0 Å². The number of aromatic nitrogens is 1. The largest absolute Gasteiger partial charge is 0.346 e. The molecule has 2 atom stereocenters. The SMILES string of the molecule is CC(C)NCc1cnc(N2CC(C)C(N(C)C)C2)s1. The molecule has 0 amide bonds. The quantitative estimate of drug-likeness (QED) is 0.895. The van der Waals surface area contributed by atoms with E-state index in [1.807, 2.05) is 17.5 Å². The lowest BCUT2D eigenvalue weighted by atomic mass is 10.1. The van der Waals surface area contributed by atoms with E-state index in [9.17, 15) is 0 Å². The molecule has 1 aliphatic rings. The predicted octanol–water partition coefficient (Wildman–Crippen LogP) is 2.03. The highest BCUT2D eigenvalue weighted by Gasteiger charge is 2.32. The Morgan fingerprint density at radius 1 is 1.47 bits per heavy atom. The molecule has 0 spiro atoms. The van der Waals surface area contributed by atoms with Crippen LogP contribution in [-0.2, 0) is 6.54 Å². The fourth-order valence-electron chi connectivity index (χ4n) is 2.61. The first kappa shape index (κ1) is 14.8. The lowest BCUT2D eigenvalue weighted by Gasteiger charge is -2.22. The molecule has 2 heterocycles. The van der Waals surface area contributed by atoms with Crippen LogP contribution in [0.1, 0.15) is 25.6 Å². The Labute approximate surface area is 120 Å². The third-order valence-corrected chi connectivity index (χ3v) is 4.79. The zero-order valence-electron chi connectivity index (χ0n) is 12.7. The summed E-state index contributed by atoms with van der Waals surface area (Å²) < 4.78 is 0. The number of nitrogens with zero attached hydrogens (tertiary/aromatic N) is 3. The van der Waals surface area contributed by atoms with Gasteiger partial charge in [-0.15, -0.1) is 11.3 Å². The maximum Gasteiger partial charge on any atom is 0.185 e. The molecule has 0 aliphatic carbocycles. The van der Waals surface area contributed by atoms with Gasteiger partial charge >= 0.3 is 0 Å². The van der Waals surface area contributed by atoms with E-state index in [0.717, 1.165) is 19.6 Å². The zero-order chi connectivity index (χ0) is 14.0. The minimum absolute atomic E-state index is 0.524. The lowest BCUT2D eigenvalue weighted by Crippen LogP contribution is -2.34. The van der Waals surface area contributed by atoms with Crippen LogP contribution in [0.25, 0.3) is 0 Å². The van der Waals surface area contributed by atoms with Crippen molar-refractivity contribution >= 4 is 16.5 Å². The Morgan fingerprint density at radius 2 is 2.21 bits per heavy atom. The summed E-state index contributed by atoms with van der Waals surface area (Å²) >= 11 is 1.82. The molecule has 2 unspecified atom stereocenters. The Kier molecular flexibility index (Phi) is 4.81. The molecule has 0 saturated carbocycles. The van der Waals surface area contributed by atoms with Crippen molar-refractivity contribution < 1.29 is 0 Å². The molecule has 0 radical (unpaired) electrons. The molecule has 2 rings (SSSR count). The number of hydrogen-bond acceptors (Lipinski definition) is 5. The molecule has 1 fully saturated rings. The summed E-state index contributed by atoms with van der Waals surface area (Å²) in [6.07, 6.45) is 2.02. The Balaban J connectivity index is 1.96. The van der Waals surface area contributed by atoms with Gasteiger partial charge in [0, 0.05) is 42.8 Å². The van der Waals surface area contributed by atoms with Gasteiger partial charge in [-0.2, -0.15) is 0 Å². The van der Waals surface area contributed by atoms with E-state index in [0.29, 0.717) is 18.0 Å². The van der Waals surface area contributed by atoms with Crippen molar-refractivity contribution in [3.63, 3.8) is 0 Å². The summed E-state index contributed by atoms with van der Waals surface area (Å²) in [5, 5.41) is 4.62. The van der Waals surface area contributed by atoms with Crippen LogP contribution in [0.3, 0.4) is 0 Å². The number of thiazole rings is 1. The molecule has 1 N–H and O–H groups in total. The van der Waals surface area contributed by atoms with Crippen LogP contribution < -0.4 is 10.2 Å². The standard InChI is InChI=1S/C14H26N4S/c1-10(2)15-6-12-7-16-14(19-12)18-8-11(3)13(9-18)17(4)5/h7,10-11,13,15H,6,8-9H2,1-5H3. The van der Waals surface area contributed by atoms with Gasteiger partial charge in [0.15, 0.2) is 5.13 Å². The molecule has 0 aromatic carbocycles. The van der Waals surface area contributed by atoms with Crippen molar-refractivity contribution in [1.29, 1.82) is 0 Å². The van der Waals surface area contributed by atoms with Crippen molar-refractivity contribution in [1.82, 2.24) is 15.2 Å². The summed E-state index contributed by atoms with van der Waals surface area (Å²) in [5.41, 5.74) is 0. The maximum atomic E-state index is 4.59. The Bertz CT molecular complexity index is 402. The smallest absolute Gasteiger partial charge is 0.185 e. The van der Waals surface area contributed by atoms with Crippen molar-refractivity contribution in [3.05, 3.63) is 11.1 Å². The highest BCUT2D eigenvalue weighted by atomic mass is 32.1. The van der Waals surface area contributed by atoms with Gasteiger partial charge < -0.3 is 15.1 Å². The number of anilines is 1. The molecule has 19 heavy (non-hydrogen) atoms. The van der Waals surface area contributed by atoms with Crippen molar-refractivity contribution in [2.45, 2.75) is 39.4 Å². The Hall–Kier alpha value is -0.650. The first-order chi connectivity index (χ1) is 8.97. The van der Waals surface area contributed by atoms with E-state index in [4.69, 9.17) is 0 Å². The predicted molar refractivity (Wildman–Crippen MR) is 82.9 cm³/mol. The minimum atomic E-state index is 0.524. The van der Waals surface area contributed by atoms with Gasteiger partial charge in [0.25, 0.3) is 0 Å². The maximum absolute atomic E-state index is 4.59. The summed E-state index contributed by atoms with van der Waals surface area (Å²) in [6, 6.07) is 1.16. The van der Waals surface area contributed by atoms with E-state index >= 15 is 0 Å². The van der Waals surface area contributed by atoms with Gasteiger partial charge in [-0.25, -0.2) is 4.98 Å². The fourth-order valence-corrected chi connectivity index (χ4v) is 3.49. The summed E-state index contributed by atoms with van der Waals surface area (Å²) in [5.74, 6) is 0.705. The normalized spacial score (nSPS) is 23.8. The molecule has 5 heteroatoms. The van der Waals surface area contributed by atoms with Gasteiger partial charge in [0.1, 0.15) is 0 Å². The van der Waals surface area contributed by atoms with Gasteiger partial charge in [-0.1, -0.05) is 20.8 Å². The van der Waals surface area contributed by atoms with Crippen LogP contribution in [0.15, 0.2) is 6.20 Å². The van der Waals surface area contributed by atoms with E-state index in [2.05, 4.69) is 55.0 Å². The van der Waals surface area contributed by atoms with Gasteiger partial charge in [-0.3, -0.25) is 0 Å². The van der Waals surface area contributed by atoms with Crippen molar-refractivity contribution in [3.8, 4) is 0 Å². The van der Waals surface area contributed by atoms with E-state index < -0.39 is 0 Å². The van der Waals surface area contributed by atoms with Gasteiger partial charge in [-0.05, 0) is 20.0 Å². The van der Waals surface area contributed by atoms with Gasteiger partial charge in [0.2, 0.25) is 0 Å². The second-order valence-corrected chi connectivity index (χ2v) is 7.15. The summed E-state index contributed by atoms with van der Waals surface area (Å²) in [4.78, 5) is 10.7. The second kappa shape index (κ2) is 6.20. The van der Waals surface area contributed by atoms with Crippen LogP contribution in [0, 0.1) is 5.92 Å². The molecule has 1 aromatic heterocycles. The monoisotopic (exact) mass is 282 g/mol. The van der Waals surface area contributed by atoms with Crippen LogP contribution in [0.4, 0.5) is 5.13 Å². The Morgan fingerprint density at radius 3 is 2.79 bits per heavy atom. The second-order valence-electron chi connectivity index (χ2n) is 6.06. The van der Waals surface area contributed by atoms with Crippen LogP contribution in [-0.4, -0.2) is 49.2 Å². The minimum Gasteiger partial charge on any atom is -0.346 e. The van der Waals surface area contributed by atoms with Crippen LogP contribution >= 0.6 is 11.3 Å². The third-order valence-electron chi connectivity index (χ3n) is 3.73. The highest BCUT2D eigenvalue weighted by Crippen LogP contribution is 2.29. The molecule has 4 nitrogen and oxygen atoms in total. The third kappa shape index (κ3) is 3.68. The van der Waals surface area contributed by atoms with Crippen molar-refractivity contribution in [2.75, 3.05) is 32.1 Å². The molecule has 1 aromatic rings. The average Bonchev–Trinajstić information content (AvgIpc) is 2.92. The van der Waals surface area contributed by atoms with Crippen molar-refractivity contribution in [2.24, 2.45) is 5.92 Å². The molecular weight excluding hydrogens is 256 g/mol. The van der Waals surface area contributed by atoms with Crippen LogP contribution in [0.2, 0.25) is 0 Å². The molecule has 1 aliphatic heterocycles. The van der Waals surface area contributed by atoms with Gasteiger partial charge in [0.05, 0.1) is 0 Å². The first-order valence-corrected chi connectivity index (χ1v) is 7.88. The zero-order valence-corrected chi connectivity index (χ0v) is 13.5. The van der Waals surface area contributed by atoms with E-state index in [-0.39, 0.29) is 0 Å². The summed E-state index contributed by atoms with van der Waals surface area (Å²) in [6.45, 7) is 9.82. The average molecular weight is 282 g/mol. The first-order valence-electron chi connectivity index (χ1n) is 7.07. The topological polar surface area (TPSA) is 31.4 Å². The fraction of sp³-hybridized carbons (Fsp3) is 0.786. The van der Waals surface area contributed by atoms with Crippen LogP contribution in [0.5, 0.6) is 0 Å². The number of nitrogens with one attached hydrogen (secondary N) is 1. The molecule has 0 bridgehead atoms. The number of likely N-dealkylation sites (N-methyl/N-ethyl adjacent to an activating group) is 1. The highest BCUT2D eigenvalue weighted by molar-refractivity contribution is 7.15. The lowest BCUT2D eigenvalue weighted by molar-refractivity contribution is 0.266. The molecular formula is C14H26N4S. The number of rotatable bonds is 5.